The molecule has 0 bridgehead atoms. The molecule has 0 heterocycles. The molecule has 2 aromatic rings. The highest BCUT2D eigenvalue weighted by Gasteiger charge is 2.13. The van der Waals surface area contributed by atoms with Crippen LogP contribution in [0.3, 0.4) is 0 Å². The van der Waals surface area contributed by atoms with Crippen LogP contribution in [0.1, 0.15) is 15.9 Å². The third kappa shape index (κ3) is 3.33. The van der Waals surface area contributed by atoms with Crippen LogP contribution in [-0.2, 0) is 0 Å². The van der Waals surface area contributed by atoms with Gasteiger partial charge in [-0.25, -0.2) is 4.39 Å². The fraction of sp³-hybridized carbons (Fsp3) is 0.0714. The Labute approximate surface area is 123 Å². The first-order chi connectivity index (χ1) is 8.97. The van der Waals surface area contributed by atoms with E-state index in [9.17, 15) is 9.18 Å². The van der Waals surface area contributed by atoms with E-state index in [2.05, 4.69) is 21.2 Å². The quantitative estimate of drug-likeness (QED) is 0.834. The third-order valence-corrected chi connectivity index (χ3v) is 3.47. The van der Waals surface area contributed by atoms with Crippen LogP contribution in [0.4, 0.5) is 10.1 Å². The summed E-state index contributed by atoms with van der Waals surface area (Å²) >= 11 is 9.15. The molecule has 0 aliphatic carbocycles. The monoisotopic (exact) mass is 341 g/mol. The Hall–Kier alpha value is -1.39. The number of halogens is 3. The summed E-state index contributed by atoms with van der Waals surface area (Å²) < 4.78 is 14.3. The molecule has 0 aromatic heterocycles. The minimum atomic E-state index is -0.554. The van der Waals surface area contributed by atoms with Gasteiger partial charge in [-0.15, -0.1) is 0 Å². The molecule has 0 spiro atoms. The molecule has 0 aliphatic heterocycles. The molecule has 0 atom stereocenters. The van der Waals surface area contributed by atoms with Gasteiger partial charge in [0.2, 0.25) is 0 Å². The molecule has 1 amide bonds. The second-order valence-electron chi connectivity index (χ2n) is 4.06. The van der Waals surface area contributed by atoms with Crippen LogP contribution in [0.2, 0.25) is 5.02 Å². The number of carbonyl (C=O) groups is 1. The van der Waals surface area contributed by atoms with E-state index in [0.717, 1.165) is 5.56 Å². The number of carbonyl (C=O) groups excluding carboxylic acids is 1. The van der Waals surface area contributed by atoms with Crippen LogP contribution in [0, 0.1) is 12.7 Å². The highest BCUT2D eigenvalue weighted by atomic mass is 79.9. The van der Waals surface area contributed by atoms with Crippen molar-refractivity contribution in [3.05, 3.63) is 62.8 Å². The zero-order valence-electron chi connectivity index (χ0n) is 10.0. The molecule has 0 saturated carbocycles. The maximum atomic E-state index is 13.6. The van der Waals surface area contributed by atoms with Crippen molar-refractivity contribution in [1.82, 2.24) is 0 Å². The first-order valence-electron chi connectivity index (χ1n) is 5.50. The topological polar surface area (TPSA) is 29.1 Å². The smallest absolute Gasteiger partial charge is 0.258 e. The second-order valence-corrected chi connectivity index (χ2v) is 5.35. The van der Waals surface area contributed by atoms with Crippen molar-refractivity contribution in [2.24, 2.45) is 0 Å². The van der Waals surface area contributed by atoms with Gasteiger partial charge in [0.15, 0.2) is 0 Å². The highest BCUT2D eigenvalue weighted by Crippen LogP contribution is 2.26. The van der Waals surface area contributed by atoms with Gasteiger partial charge in [-0.3, -0.25) is 4.79 Å². The highest BCUT2D eigenvalue weighted by molar-refractivity contribution is 9.10. The van der Waals surface area contributed by atoms with E-state index in [0.29, 0.717) is 15.2 Å². The summed E-state index contributed by atoms with van der Waals surface area (Å²) in [6, 6.07) is 9.39. The minimum absolute atomic E-state index is 0.00637. The second kappa shape index (κ2) is 5.72. The van der Waals surface area contributed by atoms with E-state index in [1.54, 1.807) is 31.2 Å². The molecular weight excluding hydrogens is 333 g/mol. The molecule has 0 unspecified atom stereocenters. The molecule has 0 aliphatic rings. The lowest BCUT2D eigenvalue weighted by Gasteiger charge is -2.09. The Bertz CT molecular complexity index is 645. The maximum Gasteiger partial charge on any atom is 0.258 e. The molecule has 2 aromatic carbocycles. The average molecular weight is 343 g/mol. The molecule has 0 radical (unpaired) electrons. The normalized spacial score (nSPS) is 10.3. The summed E-state index contributed by atoms with van der Waals surface area (Å²) in [5.41, 5.74) is 1.32. The number of amides is 1. The Morgan fingerprint density at radius 2 is 2.00 bits per heavy atom. The Balaban J connectivity index is 2.30. The van der Waals surface area contributed by atoms with E-state index in [-0.39, 0.29) is 5.56 Å². The number of benzene rings is 2. The molecule has 19 heavy (non-hydrogen) atoms. The van der Waals surface area contributed by atoms with Gasteiger partial charge in [-0.2, -0.15) is 0 Å². The number of rotatable bonds is 2. The van der Waals surface area contributed by atoms with E-state index < -0.39 is 11.7 Å². The molecule has 0 saturated heterocycles. The maximum absolute atomic E-state index is 13.6. The molecule has 2 nitrogen and oxygen atoms in total. The van der Waals surface area contributed by atoms with Gasteiger partial charge in [0.25, 0.3) is 5.91 Å². The summed E-state index contributed by atoms with van der Waals surface area (Å²) in [6.45, 7) is 1.80. The predicted molar refractivity (Wildman–Crippen MR) is 78.2 cm³/mol. The van der Waals surface area contributed by atoms with Gasteiger partial charge >= 0.3 is 0 Å². The first kappa shape index (κ1) is 14.0. The van der Waals surface area contributed by atoms with Crippen molar-refractivity contribution in [3.63, 3.8) is 0 Å². The third-order valence-electron chi connectivity index (χ3n) is 2.54. The lowest BCUT2D eigenvalue weighted by atomic mass is 10.1. The summed E-state index contributed by atoms with van der Waals surface area (Å²) in [4.78, 5) is 12.0. The number of anilines is 1. The van der Waals surface area contributed by atoms with Crippen LogP contribution in [0.5, 0.6) is 0 Å². The van der Waals surface area contributed by atoms with Gasteiger partial charge in [0.05, 0.1) is 11.3 Å². The zero-order chi connectivity index (χ0) is 14.0. The standard InChI is InChI=1S/C14H10BrClFNO/c1-8-2-5-12(17)10(6-8)14(19)18-13-7-9(16)3-4-11(13)15/h2-7H,1H3,(H,18,19). The lowest BCUT2D eigenvalue weighted by Crippen LogP contribution is -2.14. The molecule has 2 rings (SSSR count). The van der Waals surface area contributed by atoms with E-state index in [1.165, 1.54) is 12.1 Å². The predicted octanol–water partition coefficient (Wildman–Crippen LogP) is 4.80. The fourth-order valence-corrected chi connectivity index (χ4v) is 2.11. The Morgan fingerprint density at radius 3 is 2.74 bits per heavy atom. The average Bonchev–Trinajstić information content (AvgIpc) is 2.36. The molecule has 5 heteroatoms. The summed E-state index contributed by atoms with van der Waals surface area (Å²) in [5.74, 6) is -1.06. The lowest BCUT2D eigenvalue weighted by molar-refractivity contribution is 0.102. The van der Waals surface area contributed by atoms with Gasteiger partial charge in [0.1, 0.15) is 5.82 Å². The Morgan fingerprint density at radius 1 is 1.26 bits per heavy atom. The van der Waals surface area contributed by atoms with Crippen LogP contribution in [0.15, 0.2) is 40.9 Å². The van der Waals surface area contributed by atoms with Crippen molar-refractivity contribution in [1.29, 1.82) is 0 Å². The van der Waals surface area contributed by atoms with Gasteiger partial charge in [-0.05, 0) is 53.2 Å². The van der Waals surface area contributed by atoms with Crippen molar-refractivity contribution < 1.29 is 9.18 Å². The summed E-state index contributed by atoms with van der Waals surface area (Å²) in [7, 11) is 0. The van der Waals surface area contributed by atoms with Crippen LogP contribution >= 0.6 is 27.5 Å². The zero-order valence-corrected chi connectivity index (χ0v) is 12.3. The molecular formula is C14H10BrClFNO. The molecule has 98 valence electrons. The van der Waals surface area contributed by atoms with E-state index >= 15 is 0 Å². The van der Waals surface area contributed by atoms with Crippen molar-refractivity contribution in [2.75, 3.05) is 5.32 Å². The summed E-state index contributed by atoms with van der Waals surface area (Å²) in [6.07, 6.45) is 0. The first-order valence-corrected chi connectivity index (χ1v) is 6.67. The van der Waals surface area contributed by atoms with Crippen molar-refractivity contribution >= 4 is 39.1 Å². The molecule has 0 fully saturated rings. The minimum Gasteiger partial charge on any atom is -0.321 e. The van der Waals surface area contributed by atoms with E-state index in [4.69, 9.17) is 11.6 Å². The van der Waals surface area contributed by atoms with Gasteiger partial charge in [-0.1, -0.05) is 23.2 Å². The number of aryl methyl sites for hydroxylation is 1. The van der Waals surface area contributed by atoms with Gasteiger partial charge in [0, 0.05) is 9.50 Å². The fourth-order valence-electron chi connectivity index (χ4n) is 1.60. The van der Waals surface area contributed by atoms with Gasteiger partial charge < -0.3 is 5.32 Å². The number of nitrogens with one attached hydrogen (secondary N) is 1. The largest absolute Gasteiger partial charge is 0.321 e. The van der Waals surface area contributed by atoms with Crippen molar-refractivity contribution in [3.8, 4) is 0 Å². The summed E-state index contributed by atoms with van der Waals surface area (Å²) in [5, 5.41) is 3.11. The number of hydrogen-bond donors (Lipinski definition) is 1. The Kier molecular flexibility index (Phi) is 4.22. The van der Waals surface area contributed by atoms with E-state index in [1.807, 2.05) is 0 Å². The van der Waals surface area contributed by atoms with Crippen LogP contribution in [0.25, 0.3) is 0 Å². The van der Waals surface area contributed by atoms with Crippen molar-refractivity contribution in [2.45, 2.75) is 6.92 Å². The van der Waals surface area contributed by atoms with Crippen LogP contribution < -0.4 is 5.32 Å². The van der Waals surface area contributed by atoms with Crippen LogP contribution in [-0.4, -0.2) is 5.91 Å². The number of hydrogen-bond acceptors (Lipinski definition) is 1. The SMILES string of the molecule is Cc1ccc(F)c(C(=O)Nc2cc(Cl)ccc2Br)c1. The molecule has 1 N–H and O–H groups in total.